The standard InChI is InChI=1S/C16H23NO2/c1-16(2,3)14(12-8-5-4-6-9-12)17-15(18)13-10-7-11-19-13/h4-6,8-9,13-14H,7,10-11H2,1-3H3,(H,17,18)/t13-,14-/m1/s1. The van der Waals surface area contributed by atoms with Crippen molar-refractivity contribution >= 4 is 5.91 Å². The fourth-order valence-corrected chi connectivity index (χ4v) is 2.46. The predicted molar refractivity (Wildman–Crippen MR) is 75.8 cm³/mol. The number of hydrogen-bond acceptors (Lipinski definition) is 2. The van der Waals surface area contributed by atoms with Crippen LogP contribution >= 0.6 is 0 Å². The molecule has 1 N–H and O–H groups in total. The van der Waals surface area contributed by atoms with Gasteiger partial charge in [-0.2, -0.15) is 0 Å². The van der Waals surface area contributed by atoms with Crippen molar-refractivity contribution in [1.29, 1.82) is 0 Å². The minimum absolute atomic E-state index is 0.00500. The third-order valence-corrected chi connectivity index (χ3v) is 3.51. The number of nitrogens with one attached hydrogen (secondary N) is 1. The third kappa shape index (κ3) is 3.57. The Hall–Kier alpha value is -1.35. The summed E-state index contributed by atoms with van der Waals surface area (Å²) in [7, 11) is 0. The van der Waals surface area contributed by atoms with Gasteiger partial charge in [-0.1, -0.05) is 51.1 Å². The lowest BCUT2D eigenvalue weighted by atomic mass is 9.82. The van der Waals surface area contributed by atoms with Crippen molar-refractivity contribution in [1.82, 2.24) is 5.32 Å². The average molecular weight is 261 g/mol. The number of carbonyl (C=O) groups excluding carboxylic acids is 1. The highest BCUT2D eigenvalue weighted by atomic mass is 16.5. The molecular formula is C16H23NO2. The molecule has 1 amide bonds. The Morgan fingerprint density at radius 1 is 1.32 bits per heavy atom. The van der Waals surface area contributed by atoms with E-state index in [2.05, 4.69) is 38.2 Å². The van der Waals surface area contributed by atoms with Crippen LogP contribution in [-0.4, -0.2) is 18.6 Å². The zero-order chi connectivity index (χ0) is 13.9. The van der Waals surface area contributed by atoms with Crippen LogP contribution in [0.2, 0.25) is 0 Å². The monoisotopic (exact) mass is 261 g/mol. The van der Waals surface area contributed by atoms with Crippen molar-refractivity contribution in [3.8, 4) is 0 Å². The number of hydrogen-bond donors (Lipinski definition) is 1. The third-order valence-electron chi connectivity index (χ3n) is 3.51. The molecule has 1 aliphatic heterocycles. The molecule has 1 saturated heterocycles. The van der Waals surface area contributed by atoms with Gasteiger partial charge in [-0.25, -0.2) is 0 Å². The van der Waals surface area contributed by atoms with Gasteiger partial charge in [0.15, 0.2) is 0 Å². The first-order chi connectivity index (χ1) is 8.98. The van der Waals surface area contributed by atoms with E-state index in [0.29, 0.717) is 6.61 Å². The van der Waals surface area contributed by atoms with Gasteiger partial charge in [0.05, 0.1) is 6.04 Å². The van der Waals surface area contributed by atoms with Gasteiger partial charge in [-0.15, -0.1) is 0 Å². The zero-order valence-corrected chi connectivity index (χ0v) is 12.0. The smallest absolute Gasteiger partial charge is 0.249 e. The second kappa shape index (κ2) is 5.74. The second-order valence-electron chi connectivity index (χ2n) is 6.22. The first-order valence-corrected chi connectivity index (χ1v) is 6.95. The Balaban J connectivity index is 2.13. The molecular weight excluding hydrogens is 238 g/mol. The molecule has 0 spiro atoms. The summed E-state index contributed by atoms with van der Waals surface area (Å²) in [6.45, 7) is 7.12. The molecule has 2 rings (SSSR count). The molecule has 19 heavy (non-hydrogen) atoms. The first kappa shape index (κ1) is 14.1. The van der Waals surface area contributed by atoms with Crippen LogP contribution in [0.4, 0.5) is 0 Å². The number of ether oxygens (including phenoxy) is 1. The fourth-order valence-electron chi connectivity index (χ4n) is 2.46. The van der Waals surface area contributed by atoms with E-state index in [1.54, 1.807) is 0 Å². The van der Waals surface area contributed by atoms with Gasteiger partial charge in [0.1, 0.15) is 6.10 Å². The Morgan fingerprint density at radius 3 is 2.53 bits per heavy atom. The minimum atomic E-state index is -0.270. The van der Waals surface area contributed by atoms with Crippen LogP contribution < -0.4 is 5.32 Å². The van der Waals surface area contributed by atoms with Crippen LogP contribution in [0.25, 0.3) is 0 Å². The molecule has 1 aromatic carbocycles. The maximum Gasteiger partial charge on any atom is 0.249 e. The van der Waals surface area contributed by atoms with E-state index >= 15 is 0 Å². The Labute approximate surface area is 115 Å². The van der Waals surface area contributed by atoms with Gasteiger partial charge in [-0.3, -0.25) is 4.79 Å². The van der Waals surface area contributed by atoms with Crippen molar-refractivity contribution in [3.05, 3.63) is 35.9 Å². The highest BCUT2D eigenvalue weighted by Crippen LogP contribution is 2.33. The lowest BCUT2D eigenvalue weighted by Crippen LogP contribution is -2.41. The summed E-state index contributed by atoms with van der Waals surface area (Å²) in [6, 6.07) is 10.1. The molecule has 104 valence electrons. The molecule has 1 aliphatic rings. The number of benzene rings is 1. The Kier molecular flexibility index (Phi) is 4.25. The van der Waals surface area contributed by atoms with Crippen molar-refractivity contribution < 1.29 is 9.53 Å². The summed E-state index contributed by atoms with van der Waals surface area (Å²) < 4.78 is 5.45. The molecule has 0 bridgehead atoms. The molecule has 0 radical (unpaired) electrons. The van der Waals surface area contributed by atoms with E-state index in [1.807, 2.05) is 18.2 Å². The highest BCUT2D eigenvalue weighted by Gasteiger charge is 2.31. The van der Waals surface area contributed by atoms with Crippen LogP contribution in [0.1, 0.15) is 45.2 Å². The van der Waals surface area contributed by atoms with E-state index in [1.165, 1.54) is 0 Å². The zero-order valence-electron chi connectivity index (χ0n) is 12.0. The summed E-state index contributed by atoms with van der Waals surface area (Å²) in [5, 5.41) is 3.15. The van der Waals surface area contributed by atoms with E-state index in [-0.39, 0.29) is 23.5 Å². The Morgan fingerprint density at radius 2 is 2.00 bits per heavy atom. The van der Waals surface area contributed by atoms with Gasteiger partial charge >= 0.3 is 0 Å². The normalized spacial score (nSPS) is 21.1. The lowest BCUT2D eigenvalue weighted by Gasteiger charge is -2.32. The van der Waals surface area contributed by atoms with Gasteiger partial charge < -0.3 is 10.1 Å². The number of rotatable bonds is 3. The van der Waals surface area contributed by atoms with Gasteiger partial charge in [0.2, 0.25) is 5.91 Å². The maximum atomic E-state index is 12.2. The van der Waals surface area contributed by atoms with Crippen molar-refractivity contribution in [2.24, 2.45) is 5.41 Å². The van der Waals surface area contributed by atoms with E-state index in [0.717, 1.165) is 18.4 Å². The van der Waals surface area contributed by atoms with E-state index in [4.69, 9.17) is 4.74 Å². The van der Waals surface area contributed by atoms with Crippen LogP contribution in [0.3, 0.4) is 0 Å². The second-order valence-corrected chi connectivity index (χ2v) is 6.22. The van der Waals surface area contributed by atoms with Gasteiger partial charge in [-0.05, 0) is 23.8 Å². The van der Waals surface area contributed by atoms with Crippen LogP contribution in [0.15, 0.2) is 30.3 Å². The molecule has 1 aromatic rings. The SMILES string of the molecule is CC(C)(C)[C@H](NC(=O)[C@H]1CCCO1)c1ccccc1. The predicted octanol–water partition coefficient (Wildman–Crippen LogP) is 3.07. The van der Waals surface area contributed by atoms with Crippen LogP contribution in [0, 0.1) is 5.41 Å². The molecule has 1 heterocycles. The van der Waals surface area contributed by atoms with E-state index < -0.39 is 0 Å². The van der Waals surface area contributed by atoms with Crippen molar-refractivity contribution in [3.63, 3.8) is 0 Å². The summed E-state index contributed by atoms with van der Waals surface area (Å²) in [4.78, 5) is 12.2. The van der Waals surface area contributed by atoms with Crippen LogP contribution in [0.5, 0.6) is 0 Å². The maximum absolute atomic E-state index is 12.2. The van der Waals surface area contributed by atoms with Crippen LogP contribution in [-0.2, 0) is 9.53 Å². The average Bonchev–Trinajstić information content (AvgIpc) is 2.89. The van der Waals surface area contributed by atoms with Crippen molar-refractivity contribution in [2.45, 2.75) is 45.8 Å². The summed E-state index contributed by atoms with van der Waals surface area (Å²) in [6.07, 6.45) is 1.54. The molecule has 0 saturated carbocycles. The summed E-state index contributed by atoms with van der Waals surface area (Å²) in [5.41, 5.74) is 1.11. The molecule has 0 unspecified atom stereocenters. The molecule has 3 nitrogen and oxygen atoms in total. The molecule has 2 atom stereocenters. The molecule has 0 aromatic heterocycles. The lowest BCUT2D eigenvalue weighted by molar-refractivity contribution is -0.131. The molecule has 0 aliphatic carbocycles. The quantitative estimate of drug-likeness (QED) is 0.908. The number of carbonyl (C=O) groups is 1. The number of amides is 1. The topological polar surface area (TPSA) is 38.3 Å². The largest absolute Gasteiger partial charge is 0.368 e. The van der Waals surface area contributed by atoms with E-state index in [9.17, 15) is 4.79 Å². The first-order valence-electron chi connectivity index (χ1n) is 6.95. The van der Waals surface area contributed by atoms with Gasteiger partial charge in [0.25, 0.3) is 0 Å². The van der Waals surface area contributed by atoms with Crippen molar-refractivity contribution in [2.75, 3.05) is 6.61 Å². The molecule has 1 fully saturated rings. The summed E-state index contributed by atoms with van der Waals surface area (Å²) >= 11 is 0. The Bertz CT molecular complexity index is 416. The highest BCUT2D eigenvalue weighted by molar-refractivity contribution is 5.81. The fraction of sp³-hybridized carbons (Fsp3) is 0.562. The summed E-state index contributed by atoms with van der Waals surface area (Å²) in [5.74, 6) is 0.0151. The van der Waals surface area contributed by atoms with Gasteiger partial charge in [0, 0.05) is 6.61 Å². The minimum Gasteiger partial charge on any atom is -0.368 e. The molecule has 3 heteroatoms.